The molecule has 0 aliphatic rings. The van der Waals surface area contributed by atoms with Crippen LogP contribution in [0.5, 0.6) is 0 Å². The van der Waals surface area contributed by atoms with Crippen LogP contribution in [-0.4, -0.2) is 17.6 Å². The highest BCUT2D eigenvalue weighted by atomic mass is 35.5. The van der Waals surface area contributed by atoms with E-state index in [0.29, 0.717) is 12.2 Å². The van der Waals surface area contributed by atoms with Crippen LogP contribution in [0.4, 0.5) is 11.4 Å². The number of aromatic nitrogens is 1. The van der Waals surface area contributed by atoms with E-state index in [1.165, 1.54) is 5.56 Å². The van der Waals surface area contributed by atoms with Gasteiger partial charge in [-0.05, 0) is 63.6 Å². The number of ether oxygens (including phenoxy) is 1. The lowest BCUT2D eigenvalue weighted by atomic mass is 10.0. The maximum atomic E-state index is 11.9. The summed E-state index contributed by atoms with van der Waals surface area (Å²) in [6.45, 7) is 8.31. The summed E-state index contributed by atoms with van der Waals surface area (Å²) >= 11 is 0. The van der Waals surface area contributed by atoms with E-state index < -0.39 is 0 Å². The maximum absolute atomic E-state index is 11.9. The van der Waals surface area contributed by atoms with Crippen molar-refractivity contribution in [2.45, 2.75) is 27.7 Å². The number of aryl methyl sites for hydroxylation is 3. The molecule has 4 nitrogen and oxygen atoms in total. The number of fused-ring (bicyclic) bond motifs is 1. The zero-order valence-corrected chi connectivity index (χ0v) is 16.1. The molecule has 136 valence electrons. The number of nitrogens with one attached hydrogen (secondary N) is 1. The van der Waals surface area contributed by atoms with Gasteiger partial charge in [-0.3, -0.25) is 4.98 Å². The van der Waals surface area contributed by atoms with E-state index in [0.717, 1.165) is 33.5 Å². The highest BCUT2D eigenvalue weighted by Gasteiger charge is 2.10. The van der Waals surface area contributed by atoms with Gasteiger partial charge < -0.3 is 22.5 Å². The number of rotatable bonds is 4. The Balaban J connectivity index is 0.00000243. The first kappa shape index (κ1) is 19.7. The SMILES string of the molecule is CCOC(=O)c1cccc(Nc2cc(C)nc3c(C)cc(C)cc23)c1.[Cl-]. The Morgan fingerprint density at radius 2 is 1.88 bits per heavy atom. The number of nitrogens with zero attached hydrogens (tertiary/aromatic N) is 1. The average molecular weight is 370 g/mol. The first-order valence-corrected chi connectivity index (χ1v) is 8.40. The molecule has 0 atom stereocenters. The van der Waals surface area contributed by atoms with Crippen LogP contribution in [0.15, 0.2) is 42.5 Å². The molecule has 1 heterocycles. The summed E-state index contributed by atoms with van der Waals surface area (Å²) in [5.41, 5.74) is 6.65. The van der Waals surface area contributed by atoms with Gasteiger partial charge in [0.1, 0.15) is 0 Å². The lowest BCUT2D eigenvalue weighted by Gasteiger charge is -2.13. The van der Waals surface area contributed by atoms with Crippen molar-refractivity contribution in [2.75, 3.05) is 11.9 Å². The topological polar surface area (TPSA) is 51.2 Å². The average Bonchev–Trinajstić information content (AvgIpc) is 2.56. The number of pyridine rings is 1. The van der Waals surface area contributed by atoms with Crippen LogP contribution in [-0.2, 0) is 4.74 Å². The van der Waals surface area contributed by atoms with Crippen LogP contribution in [0.1, 0.15) is 34.1 Å². The predicted molar refractivity (Wildman–Crippen MR) is 102 cm³/mol. The van der Waals surface area contributed by atoms with E-state index in [2.05, 4.69) is 36.3 Å². The second kappa shape index (κ2) is 8.19. The van der Waals surface area contributed by atoms with Crippen molar-refractivity contribution in [3.05, 3.63) is 64.8 Å². The van der Waals surface area contributed by atoms with Crippen molar-refractivity contribution < 1.29 is 21.9 Å². The number of halogens is 1. The molecule has 3 rings (SSSR count). The lowest BCUT2D eigenvalue weighted by Crippen LogP contribution is -3.00. The van der Waals surface area contributed by atoms with E-state index in [1.807, 2.05) is 31.2 Å². The first-order valence-electron chi connectivity index (χ1n) is 8.40. The number of hydrogen-bond acceptors (Lipinski definition) is 4. The second-order valence-electron chi connectivity index (χ2n) is 6.22. The fourth-order valence-corrected chi connectivity index (χ4v) is 3.01. The van der Waals surface area contributed by atoms with E-state index in [-0.39, 0.29) is 18.4 Å². The Kier molecular flexibility index (Phi) is 6.22. The number of benzene rings is 2. The molecule has 0 aliphatic heterocycles. The molecule has 2 aromatic carbocycles. The molecule has 0 aliphatic carbocycles. The summed E-state index contributed by atoms with van der Waals surface area (Å²) in [6.07, 6.45) is 0. The van der Waals surface area contributed by atoms with Gasteiger partial charge in [0, 0.05) is 22.5 Å². The van der Waals surface area contributed by atoms with Crippen LogP contribution >= 0.6 is 0 Å². The van der Waals surface area contributed by atoms with E-state index in [9.17, 15) is 4.79 Å². The molecule has 0 fully saturated rings. The van der Waals surface area contributed by atoms with Gasteiger partial charge in [0.05, 0.1) is 17.7 Å². The lowest BCUT2D eigenvalue weighted by molar-refractivity contribution is -0.0000232. The van der Waals surface area contributed by atoms with Crippen LogP contribution in [0.25, 0.3) is 10.9 Å². The highest BCUT2D eigenvalue weighted by Crippen LogP contribution is 2.29. The third-order valence-electron chi connectivity index (χ3n) is 4.03. The van der Waals surface area contributed by atoms with Gasteiger partial charge in [0.25, 0.3) is 0 Å². The zero-order valence-electron chi connectivity index (χ0n) is 15.4. The monoisotopic (exact) mass is 369 g/mol. The molecule has 1 N–H and O–H groups in total. The number of carbonyl (C=O) groups excluding carboxylic acids is 1. The van der Waals surface area contributed by atoms with Gasteiger partial charge in [0.15, 0.2) is 0 Å². The van der Waals surface area contributed by atoms with Gasteiger partial charge in [-0.1, -0.05) is 17.7 Å². The fraction of sp³-hybridized carbons (Fsp3) is 0.238. The Morgan fingerprint density at radius 1 is 1.12 bits per heavy atom. The van der Waals surface area contributed by atoms with Gasteiger partial charge in [-0.25, -0.2) is 4.79 Å². The third kappa shape index (κ3) is 4.14. The Bertz CT molecular complexity index is 954. The molecular weight excluding hydrogens is 348 g/mol. The maximum Gasteiger partial charge on any atom is 0.338 e. The minimum absolute atomic E-state index is 0. The summed E-state index contributed by atoms with van der Waals surface area (Å²) < 4.78 is 5.08. The largest absolute Gasteiger partial charge is 1.00 e. The van der Waals surface area contributed by atoms with E-state index >= 15 is 0 Å². The van der Waals surface area contributed by atoms with Gasteiger partial charge in [0.2, 0.25) is 0 Å². The van der Waals surface area contributed by atoms with Crippen LogP contribution in [0, 0.1) is 20.8 Å². The van der Waals surface area contributed by atoms with Crippen LogP contribution in [0.3, 0.4) is 0 Å². The minimum Gasteiger partial charge on any atom is -1.00 e. The molecule has 0 amide bonds. The quantitative estimate of drug-likeness (QED) is 0.715. The van der Waals surface area contributed by atoms with Crippen molar-refractivity contribution in [1.29, 1.82) is 0 Å². The van der Waals surface area contributed by atoms with E-state index in [4.69, 9.17) is 4.74 Å². The van der Waals surface area contributed by atoms with Crippen LogP contribution in [0.2, 0.25) is 0 Å². The van der Waals surface area contributed by atoms with Crippen molar-refractivity contribution in [3.8, 4) is 0 Å². The van der Waals surface area contributed by atoms with Crippen molar-refractivity contribution in [1.82, 2.24) is 4.98 Å². The highest BCUT2D eigenvalue weighted by molar-refractivity contribution is 5.96. The molecule has 0 bridgehead atoms. The normalized spacial score (nSPS) is 10.3. The Morgan fingerprint density at radius 3 is 2.62 bits per heavy atom. The molecule has 5 heteroatoms. The molecule has 0 unspecified atom stereocenters. The van der Waals surface area contributed by atoms with Gasteiger partial charge in [-0.15, -0.1) is 0 Å². The molecule has 0 saturated carbocycles. The van der Waals surface area contributed by atoms with Crippen molar-refractivity contribution in [2.24, 2.45) is 0 Å². The number of esters is 1. The third-order valence-corrected chi connectivity index (χ3v) is 4.03. The number of carbonyl (C=O) groups is 1. The van der Waals surface area contributed by atoms with Gasteiger partial charge in [-0.2, -0.15) is 0 Å². The molecule has 26 heavy (non-hydrogen) atoms. The zero-order chi connectivity index (χ0) is 18.0. The summed E-state index contributed by atoms with van der Waals surface area (Å²) in [7, 11) is 0. The molecule has 1 aromatic heterocycles. The summed E-state index contributed by atoms with van der Waals surface area (Å²) in [5, 5.41) is 4.51. The molecule has 0 saturated heterocycles. The van der Waals surface area contributed by atoms with Gasteiger partial charge >= 0.3 is 5.97 Å². The molecule has 0 radical (unpaired) electrons. The Hall–Kier alpha value is -2.59. The Labute approximate surface area is 160 Å². The molecular formula is C21H22ClN2O2-. The summed E-state index contributed by atoms with van der Waals surface area (Å²) in [6, 6.07) is 13.6. The predicted octanol–water partition coefficient (Wildman–Crippen LogP) is 2.08. The first-order chi connectivity index (χ1) is 12.0. The van der Waals surface area contributed by atoms with Crippen LogP contribution < -0.4 is 17.7 Å². The van der Waals surface area contributed by atoms with E-state index in [1.54, 1.807) is 13.0 Å². The van der Waals surface area contributed by atoms with Crippen molar-refractivity contribution >= 4 is 28.2 Å². The summed E-state index contributed by atoms with van der Waals surface area (Å²) in [4.78, 5) is 16.6. The molecule has 3 aromatic rings. The fourth-order valence-electron chi connectivity index (χ4n) is 3.01. The summed E-state index contributed by atoms with van der Waals surface area (Å²) in [5.74, 6) is -0.311. The molecule has 0 spiro atoms. The van der Waals surface area contributed by atoms with Crippen molar-refractivity contribution in [3.63, 3.8) is 0 Å². The second-order valence-corrected chi connectivity index (χ2v) is 6.22. The smallest absolute Gasteiger partial charge is 0.338 e. The minimum atomic E-state index is -0.311. The standard InChI is InChI=1S/C21H22N2O2.ClH/c1-5-25-21(24)16-7-6-8-17(12-16)23-19-11-15(4)22-20-14(3)9-13(2)10-18(19)20;/h6-12H,5H2,1-4H3,(H,22,23);1H/p-1. The number of anilines is 2. The number of hydrogen-bond donors (Lipinski definition) is 1.